The minimum absolute atomic E-state index is 0.131. The predicted molar refractivity (Wildman–Crippen MR) is 86.9 cm³/mol. The second kappa shape index (κ2) is 5.70. The van der Waals surface area contributed by atoms with Gasteiger partial charge in [0.1, 0.15) is 5.82 Å². The summed E-state index contributed by atoms with van der Waals surface area (Å²) in [7, 11) is 0. The zero-order valence-electron chi connectivity index (χ0n) is 11.2. The van der Waals surface area contributed by atoms with Crippen LogP contribution in [0.2, 0.25) is 5.02 Å². The Morgan fingerprint density at radius 1 is 1.50 bits per heavy atom. The van der Waals surface area contributed by atoms with Gasteiger partial charge < -0.3 is 9.55 Å². The van der Waals surface area contributed by atoms with Gasteiger partial charge in [0.05, 0.1) is 16.1 Å². The summed E-state index contributed by atoms with van der Waals surface area (Å²) in [4.78, 5) is 3.14. The highest BCUT2D eigenvalue weighted by atomic mass is 35.5. The van der Waals surface area contributed by atoms with E-state index in [9.17, 15) is 4.39 Å². The number of nitrogens with zero attached hydrogens (tertiary/aromatic N) is 1. The van der Waals surface area contributed by atoms with Crippen molar-refractivity contribution >= 4 is 46.6 Å². The van der Waals surface area contributed by atoms with Crippen LogP contribution in [0.15, 0.2) is 12.1 Å². The van der Waals surface area contributed by atoms with Gasteiger partial charge in [0.25, 0.3) is 0 Å². The van der Waals surface area contributed by atoms with Gasteiger partial charge in [0.2, 0.25) is 0 Å². The van der Waals surface area contributed by atoms with Crippen molar-refractivity contribution in [1.29, 1.82) is 0 Å². The van der Waals surface area contributed by atoms with Crippen molar-refractivity contribution in [1.82, 2.24) is 9.55 Å². The first-order valence-corrected chi connectivity index (χ1v) is 8.64. The number of thioether (sulfide) groups is 1. The Balaban J connectivity index is 2.02. The lowest BCUT2D eigenvalue weighted by Gasteiger charge is -2.14. The molecule has 6 heteroatoms. The molecule has 2 unspecified atom stereocenters. The normalized spacial score (nSPS) is 22.8. The molecule has 1 saturated carbocycles. The molecule has 1 N–H and O–H groups in total. The highest BCUT2D eigenvalue weighted by molar-refractivity contribution is 7.99. The molecule has 2 aromatic rings. The van der Waals surface area contributed by atoms with E-state index in [0.717, 1.165) is 29.6 Å². The first-order chi connectivity index (χ1) is 9.60. The van der Waals surface area contributed by atoms with Gasteiger partial charge in [-0.05, 0) is 43.3 Å². The average Bonchev–Trinajstić information content (AvgIpc) is 2.95. The molecule has 2 nitrogen and oxygen atoms in total. The molecule has 0 radical (unpaired) electrons. The molecule has 0 amide bonds. The zero-order chi connectivity index (χ0) is 14.3. The number of benzene rings is 1. The van der Waals surface area contributed by atoms with Gasteiger partial charge in [-0.1, -0.05) is 18.5 Å². The van der Waals surface area contributed by atoms with Crippen molar-refractivity contribution in [2.45, 2.75) is 37.5 Å². The molecule has 20 heavy (non-hydrogen) atoms. The molecule has 1 aliphatic carbocycles. The lowest BCUT2D eigenvalue weighted by atomic mass is 10.2. The van der Waals surface area contributed by atoms with Gasteiger partial charge in [0, 0.05) is 17.4 Å². The fourth-order valence-electron chi connectivity index (χ4n) is 3.02. The number of aromatic nitrogens is 2. The lowest BCUT2D eigenvalue weighted by molar-refractivity contribution is 0.526. The largest absolute Gasteiger partial charge is 0.331 e. The van der Waals surface area contributed by atoms with Crippen molar-refractivity contribution in [3.05, 3.63) is 27.7 Å². The summed E-state index contributed by atoms with van der Waals surface area (Å²) < 4.78 is 16.5. The van der Waals surface area contributed by atoms with Crippen LogP contribution in [0.25, 0.3) is 11.0 Å². The van der Waals surface area contributed by atoms with Crippen molar-refractivity contribution in [3.8, 4) is 0 Å². The average molecular weight is 331 g/mol. The zero-order valence-corrected chi connectivity index (χ0v) is 13.5. The van der Waals surface area contributed by atoms with Crippen LogP contribution in [0.4, 0.5) is 4.39 Å². The maximum atomic E-state index is 13.7. The molecule has 0 aliphatic heterocycles. The summed E-state index contributed by atoms with van der Waals surface area (Å²) in [5, 5.41) is 0.820. The van der Waals surface area contributed by atoms with E-state index < -0.39 is 0 Å². The van der Waals surface area contributed by atoms with Crippen molar-refractivity contribution in [2.75, 3.05) is 5.75 Å². The molecule has 1 aromatic heterocycles. The van der Waals surface area contributed by atoms with E-state index in [1.54, 1.807) is 6.07 Å². The summed E-state index contributed by atoms with van der Waals surface area (Å²) in [6.45, 7) is 2.19. The number of fused-ring (bicyclic) bond motifs is 1. The Morgan fingerprint density at radius 2 is 2.30 bits per heavy atom. The van der Waals surface area contributed by atoms with E-state index in [2.05, 4.69) is 16.5 Å². The summed E-state index contributed by atoms with van der Waals surface area (Å²) in [6, 6.07) is 3.47. The molecule has 0 spiro atoms. The Kier molecular flexibility index (Phi) is 4.11. The molecule has 2 atom stereocenters. The van der Waals surface area contributed by atoms with E-state index >= 15 is 0 Å². The number of nitrogens with one attached hydrogen (secondary N) is 1. The molecular weight excluding hydrogens is 315 g/mol. The Morgan fingerprint density at radius 3 is 3.05 bits per heavy atom. The number of H-pyrrole nitrogens is 1. The predicted octanol–water partition coefficient (Wildman–Crippen LogP) is 5.34. The maximum absolute atomic E-state index is 13.7. The van der Waals surface area contributed by atoms with Crippen LogP contribution in [0.5, 0.6) is 0 Å². The number of hydrogen-bond donors (Lipinski definition) is 1. The third kappa shape index (κ3) is 2.51. The standard InChI is InChI=1S/C14H16ClFN2S2/c1-2-20-9-4-3-8(5-9)18-13-7-11(16)10(15)6-12(13)17-14(18)19/h6-9H,2-5H2,1H3,(H,17,19). The molecular formula is C14H16ClFN2S2. The van der Waals surface area contributed by atoms with E-state index in [4.69, 9.17) is 23.8 Å². The third-order valence-electron chi connectivity index (χ3n) is 3.88. The minimum Gasteiger partial charge on any atom is -0.331 e. The molecule has 1 aromatic carbocycles. The van der Waals surface area contributed by atoms with Crippen molar-refractivity contribution in [3.63, 3.8) is 0 Å². The Labute approximate surface area is 131 Å². The second-order valence-corrected chi connectivity index (χ2v) is 7.50. The molecule has 108 valence electrons. The fourth-order valence-corrected chi connectivity index (χ4v) is 4.68. The van der Waals surface area contributed by atoms with Crippen LogP contribution in [-0.4, -0.2) is 20.6 Å². The number of imidazole rings is 1. The first kappa shape index (κ1) is 14.4. The SMILES string of the molecule is CCSC1CCC(n2c(=S)[nH]c3cc(Cl)c(F)cc32)C1. The molecule has 0 bridgehead atoms. The number of halogens is 2. The number of aromatic amines is 1. The lowest BCUT2D eigenvalue weighted by Crippen LogP contribution is -2.06. The molecule has 1 heterocycles. The monoisotopic (exact) mass is 330 g/mol. The van der Waals surface area contributed by atoms with Crippen LogP contribution in [0.3, 0.4) is 0 Å². The van der Waals surface area contributed by atoms with Crippen LogP contribution in [0.1, 0.15) is 32.2 Å². The van der Waals surface area contributed by atoms with Crippen LogP contribution in [0, 0.1) is 10.6 Å². The number of rotatable bonds is 3. The Bertz CT molecular complexity index is 694. The van der Waals surface area contributed by atoms with Gasteiger partial charge in [-0.25, -0.2) is 4.39 Å². The van der Waals surface area contributed by atoms with E-state index in [1.807, 2.05) is 11.8 Å². The third-order valence-corrected chi connectivity index (χ3v) is 5.70. The highest BCUT2D eigenvalue weighted by Crippen LogP contribution is 2.39. The number of hydrogen-bond acceptors (Lipinski definition) is 2. The van der Waals surface area contributed by atoms with E-state index in [0.29, 0.717) is 16.1 Å². The Hall–Kier alpha value is -0.520. The summed E-state index contributed by atoms with van der Waals surface area (Å²) in [6.07, 6.45) is 3.40. The molecule has 3 rings (SSSR count). The van der Waals surface area contributed by atoms with E-state index in [1.165, 1.54) is 12.5 Å². The smallest absolute Gasteiger partial charge is 0.178 e. The molecule has 1 aliphatic rings. The van der Waals surface area contributed by atoms with Crippen molar-refractivity contribution < 1.29 is 4.39 Å². The van der Waals surface area contributed by atoms with E-state index in [-0.39, 0.29) is 10.8 Å². The van der Waals surface area contributed by atoms with Gasteiger partial charge in [-0.3, -0.25) is 0 Å². The molecule has 1 fully saturated rings. The van der Waals surface area contributed by atoms with Crippen LogP contribution >= 0.6 is 35.6 Å². The summed E-state index contributed by atoms with van der Waals surface area (Å²) >= 11 is 13.3. The quantitative estimate of drug-likeness (QED) is 0.767. The molecule has 0 saturated heterocycles. The summed E-state index contributed by atoms with van der Waals surface area (Å²) in [5.41, 5.74) is 1.64. The fraction of sp³-hybridized carbons (Fsp3) is 0.500. The topological polar surface area (TPSA) is 20.7 Å². The van der Waals surface area contributed by atoms with Crippen molar-refractivity contribution in [2.24, 2.45) is 0 Å². The maximum Gasteiger partial charge on any atom is 0.178 e. The highest BCUT2D eigenvalue weighted by Gasteiger charge is 2.27. The summed E-state index contributed by atoms with van der Waals surface area (Å²) in [5.74, 6) is 0.750. The minimum atomic E-state index is -0.389. The van der Waals surface area contributed by atoms with Gasteiger partial charge in [-0.2, -0.15) is 11.8 Å². The van der Waals surface area contributed by atoms with Crippen LogP contribution in [-0.2, 0) is 0 Å². The van der Waals surface area contributed by atoms with Gasteiger partial charge in [-0.15, -0.1) is 0 Å². The second-order valence-electron chi connectivity index (χ2n) is 5.13. The van der Waals surface area contributed by atoms with Gasteiger partial charge in [0.15, 0.2) is 4.77 Å². The first-order valence-electron chi connectivity index (χ1n) is 6.81. The van der Waals surface area contributed by atoms with Gasteiger partial charge >= 0.3 is 0 Å². The van der Waals surface area contributed by atoms with Crippen LogP contribution < -0.4 is 0 Å².